The van der Waals surface area contributed by atoms with Crippen LogP contribution in [-0.2, 0) is 4.79 Å². The van der Waals surface area contributed by atoms with E-state index in [0.29, 0.717) is 19.5 Å². The number of aliphatic hydroxyl groups is 1. The Morgan fingerprint density at radius 3 is 3.00 bits per heavy atom. The molecule has 0 aromatic carbocycles. The summed E-state index contributed by atoms with van der Waals surface area (Å²) >= 11 is 0. The Labute approximate surface area is 77.3 Å². The fraction of sp³-hybridized carbons (Fsp3) is 0.875. The Hall–Kier alpha value is -0.650. The lowest BCUT2D eigenvalue weighted by Crippen LogP contribution is -2.55. The topological polar surface area (TPSA) is 72.8 Å². The number of aliphatic carboxylic acids is 1. The van der Waals surface area contributed by atoms with Gasteiger partial charge in [-0.3, -0.25) is 9.69 Å². The monoisotopic (exact) mass is 188 g/mol. The van der Waals surface area contributed by atoms with Crippen molar-refractivity contribution < 1.29 is 15.0 Å². The molecule has 0 saturated carbocycles. The van der Waals surface area contributed by atoms with Crippen LogP contribution in [-0.4, -0.2) is 59.9 Å². The molecule has 0 bridgehead atoms. The van der Waals surface area contributed by atoms with Crippen molar-refractivity contribution in [2.45, 2.75) is 12.5 Å². The predicted octanol–water partition coefficient (Wildman–Crippen LogP) is -1.27. The minimum atomic E-state index is -0.787. The van der Waals surface area contributed by atoms with Crippen LogP contribution in [0.5, 0.6) is 0 Å². The average Bonchev–Trinajstić information content (AvgIpc) is 2.15. The predicted molar refractivity (Wildman–Crippen MR) is 47.6 cm³/mol. The van der Waals surface area contributed by atoms with Crippen molar-refractivity contribution >= 4 is 5.97 Å². The van der Waals surface area contributed by atoms with Crippen molar-refractivity contribution in [3.63, 3.8) is 0 Å². The molecule has 0 aliphatic carbocycles. The average molecular weight is 188 g/mol. The second kappa shape index (κ2) is 5.16. The van der Waals surface area contributed by atoms with Gasteiger partial charge < -0.3 is 15.5 Å². The highest BCUT2D eigenvalue weighted by Gasteiger charge is 2.27. The number of carboxylic acid groups (broad SMARTS) is 1. The van der Waals surface area contributed by atoms with Crippen LogP contribution in [0.15, 0.2) is 0 Å². The Bertz CT molecular complexity index is 175. The van der Waals surface area contributed by atoms with Crippen molar-refractivity contribution in [3.05, 3.63) is 0 Å². The molecular weight excluding hydrogens is 172 g/mol. The van der Waals surface area contributed by atoms with Crippen molar-refractivity contribution in [2.75, 3.05) is 32.8 Å². The van der Waals surface area contributed by atoms with E-state index < -0.39 is 12.0 Å². The Morgan fingerprint density at radius 1 is 1.62 bits per heavy atom. The van der Waals surface area contributed by atoms with Gasteiger partial charge in [-0.1, -0.05) is 0 Å². The van der Waals surface area contributed by atoms with E-state index in [1.54, 1.807) is 0 Å². The molecule has 5 nitrogen and oxygen atoms in total. The van der Waals surface area contributed by atoms with E-state index in [1.807, 2.05) is 4.90 Å². The molecule has 1 saturated heterocycles. The van der Waals surface area contributed by atoms with E-state index in [9.17, 15) is 4.79 Å². The van der Waals surface area contributed by atoms with Crippen molar-refractivity contribution in [1.29, 1.82) is 0 Å². The molecule has 0 amide bonds. The van der Waals surface area contributed by atoms with Crippen LogP contribution < -0.4 is 5.32 Å². The van der Waals surface area contributed by atoms with Gasteiger partial charge in [0.2, 0.25) is 0 Å². The van der Waals surface area contributed by atoms with E-state index in [1.165, 1.54) is 0 Å². The molecule has 3 N–H and O–H groups in total. The third-order valence-electron chi connectivity index (χ3n) is 2.24. The molecule has 1 atom stereocenters. The molecule has 0 radical (unpaired) electrons. The Morgan fingerprint density at radius 2 is 2.38 bits per heavy atom. The van der Waals surface area contributed by atoms with Gasteiger partial charge in [-0.25, -0.2) is 0 Å². The number of carbonyl (C=O) groups is 1. The normalized spacial score (nSPS) is 24.5. The summed E-state index contributed by atoms with van der Waals surface area (Å²) in [6.07, 6.45) is 0.643. The first-order valence-corrected chi connectivity index (χ1v) is 4.54. The van der Waals surface area contributed by atoms with Crippen LogP contribution in [0.4, 0.5) is 0 Å². The summed E-state index contributed by atoms with van der Waals surface area (Å²) in [5.41, 5.74) is 0. The summed E-state index contributed by atoms with van der Waals surface area (Å²) in [7, 11) is 0. The highest BCUT2D eigenvalue weighted by Crippen LogP contribution is 2.03. The number of rotatable bonds is 4. The standard InChI is InChI=1S/C8H16N2O3/c11-5-1-3-10-4-2-9-6-7(10)8(12)13/h7,9,11H,1-6H2,(H,12,13). The zero-order valence-corrected chi connectivity index (χ0v) is 7.57. The van der Waals surface area contributed by atoms with Gasteiger partial charge in [0.25, 0.3) is 0 Å². The molecular formula is C8H16N2O3. The zero-order valence-electron chi connectivity index (χ0n) is 7.57. The highest BCUT2D eigenvalue weighted by molar-refractivity contribution is 5.73. The number of aliphatic hydroxyl groups excluding tert-OH is 1. The minimum Gasteiger partial charge on any atom is -0.480 e. The van der Waals surface area contributed by atoms with Gasteiger partial charge in [0, 0.05) is 32.8 Å². The van der Waals surface area contributed by atoms with Gasteiger partial charge in [0.05, 0.1) is 0 Å². The molecule has 0 aromatic heterocycles. The van der Waals surface area contributed by atoms with Gasteiger partial charge in [-0.2, -0.15) is 0 Å². The van der Waals surface area contributed by atoms with E-state index >= 15 is 0 Å². The highest BCUT2D eigenvalue weighted by atomic mass is 16.4. The third kappa shape index (κ3) is 2.95. The summed E-state index contributed by atoms with van der Waals surface area (Å²) < 4.78 is 0. The lowest BCUT2D eigenvalue weighted by Gasteiger charge is -2.33. The number of piperazine rings is 1. The van der Waals surface area contributed by atoms with Crippen LogP contribution in [0.2, 0.25) is 0 Å². The van der Waals surface area contributed by atoms with Crippen LogP contribution >= 0.6 is 0 Å². The summed E-state index contributed by atoms with van der Waals surface area (Å²) in [6.45, 7) is 2.86. The SMILES string of the molecule is O=C(O)C1CNCCN1CCCO. The second-order valence-electron chi connectivity index (χ2n) is 3.17. The molecule has 13 heavy (non-hydrogen) atoms. The largest absolute Gasteiger partial charge is 0.480 e. The number of carboxylic acids is 1. The van der Waals surface area contributed by atoms with Gasteiger partial charge in [0.1, 0.15) is 6.04 Å². The molecule has 1 rings (SSSR count). The van der Waals surface area contributed by atoms with E-state index in [-0.39, 0.29) is 6.61 Å². The van der Waals surface area contributed by atoms with E-state index in [2.05, 4.69) is 5.32 Å². The summed E-state index contributed by atoms with van der Waals surface area (Å²) in [4.78, 5) is 12.7. The summed E-state index contributed by atoms with van der Waals surface area (Å²) in [5, 5.41) is 20.5. The molecule has 5 heteroatoms. The first kappa shape index (κ1) is 10.4. The van der Waals surface area contributed by atoms with Crippen LogP contribution in [0, 0.1) is 0 Å². The van der Waals surface area contributed by atoms with Crippen LogP contribution in [0.25, 0.3) is 0 Å². The van der Waals surface area contributed by atoms with Gasteiger partial charge in [-0.05, 0) is 6.42 Å². The molecule has 0 spiro atoms. The molecule has 0 aromatic rings. The smallest absolute Gasteiger partial charge is 0.322 e. The van der Waals surface area contributed by atoms with Gasteiger partial charge in [0.15, 0.2) is 0 Å². The maximum absolute atomic E-state index is 10.8. The number of hydrogen-bond acceptors (Lipinski definition) is 4. The van der Waals surface area contributed by atoms with Crippen molar-refractivity contribution in [2.24, 2.45) is 0 Å². The first-order chi connectivity index (χ1) is 6.25. The zero-order chi connectivity index (χ0) is 9.68. The van der Waals surface area contributed by atoms with Crippen molar-refractivity contribution in [3.8, 4) is 0 Å². The molecule has 76 valence electrons. The molecule has 1 heterocycles. The molecule has 1 aliphatic heterocycles. The fourth-order valence-corrected chi connectivity index (χ4v) is 1.53. The Balaban J connectivity index is 2.41. The van der Waals surface area contributed by atoms with Crippen molar-refractivity contribution in [1.82, 2.24) is 10.2 Å². The summed E-state index contributed by atoms with van der Waals surface area (Å²) in [5.74, 6) is -0.787. The lowest BCUT2D eigenvalue weighted by atomic mass is 10.2. The summed E-state index contributed by atoms with van der Waals surface area (Å²) in [6, 6.07) is -0.430. The number of hydrogen-bond donors (Lipinski definition) is 3. The van der Waals surface area contributed by atoms with Crippen LogP contribution in [0.3, 0.4) is 0 Å². The quantitative estimate of drug-likeness (QED) is 0.513. The number of nitrogens with one attached hydrogen (secondary N) is 1. The maximum Gasteiger partial charge on any atom is 0.322 e. The maximum atomic E-state index is 10.8. The lowest BCUT2D eigenvalue weighted by molar-refractivity contribution is -0.144. The van der Waals surface area contributed by atoms with E-state index in [4.69, 9.17) is 10.2 Å². The second-order valence-corrected chi connectivity index (χ2v) is 3.17. The molecule has 1 fully saturated rings. The third-order valence-corrected chi connectivity index (χ3v) is 2.24. The van der Waals surface area contributed by atoms with Crippen LogP contribution in [0.1, 0.15) is 6.42 Å². The number of nitrogens with zero attached hydrogens (tertiary/aromatic N) is 1. The molecule has 1 aliphatic rings. The minimum absolute atomic E-state index is 0.121. The molecule has 1 unspecified atom stereocenters. The van der Waals surface area contributed by atoms with E-state index in [0.717, 1.165) is 13.1 Å². The Kier molecular flexibility index (Phi) is 4.14. The van der Waals surface area contributed by atoms with Gasteiger partial charge in [-0.15, -0.1) is 0 Å². The fourth-order valence-electron chi connectivity index (χ4n) is 1.53. The van der Waals surface area contributed by atoms with Gasteiger partial charge >= 0.3 is 5.97 Å². The first-order valence-electron chi connectivity index (χ1n) is 4.54.